The number of urea groups is 1. The van der Waals surface area contributed by atoms with Gasteiger partial charge in [-0.05, 0) is 43.5 Å². The van der Waals surface area contributed by atoms with E-state index >= 15 is 0 Å². The number of unbranched alkanes of at least 4 members (excludes halogenated alkanes) is 1. The Bertz CT molecular complexity index is 835. The lowest BCUT2D eigenvalue weighted by molar-refractivity contribution is -0.124. The monoisotopic (exact) mass is 612 g/mol. The van der Waals surface area contributed by atoms with Crippen molar-refractivity contribution in [2.24, 2.45) is 11.7 Å². The van der Waals surface area contributed by atoms with Crippen molar-refractivity contribution < 1.29 is 28.7 Å². The first-order chi connectivity index (χ1) is 20.4. The van der Waals surface area contributed by atoms with Gasteiger partial charge in [0.15, 0.2) is 0 Å². The summed E-state index contributed by atoms with van der Waals surface area (Å²) in [7, 11) is 3.21. The number of anilines is 1. The van der Waals surface area contributed by atoms with Crippen LogP contribution < -0.4 is 32.3 Å². The number of carbonyl (C=O) groups excluding carboxylic acids is 5. The number of amides is 5. The summed E-state index contributed by atoms with van der Waals surface area (Å²) in [5.41, 5.74) is 6.29. The molecule has 1 aromatic carbocycles. The van der Waals surface area contributed by atoms with E-state index in [1.54, 1.807) is 31.3 Å². The molecule has 5 amide bonds. The smallest absolute Gasteiger partial charge is 0.407 e. The molecule has 0 aliphatic heterocycles. The lowest BCUT2D eigenvalue weighted by Crippen LogP contribution is -2.39. The fourth-order valence-electron chi connectivity index (χ4n) is 2.47. The number of ether oxygens (including phenoxy) is 1. The molecule has 0 aromatic heterocycles. The van der Waals surface area contributed by atoms with E-state index in [-0.39, 0.29) is 36.9 Å². The maximum atomic E-state index is 11.3. The molecular weight excluding hydrogens is 552 g/mol. The maximum Gasteiger partial charge on any atom is 0.407 e. The molecule has 0 aliphatic carbocycles. The van der Waals surface area contributed by atoms with Crippen LogP contribution in [0.3, 0.4) is 0 Å². The number of likely N-dealkylation sites (N-methyl/N-ethyl adjacent to an activating group) is 1. The van der Waals surface area contributed by atoms with E-state index in [1.165, 1.54) is 13.5 Å². The summed E-state index contributed by atoms with van der Waals surface area (Å²) < 4.78 is 4.89. The zero-order chi connectivity index (χ0) is 34.1. The maximum absolute atomic E-state index is 11.3. The lowest BCUT2D eigenvalue weighted by atomic mass is 10.1. The number of rotatable bonds is 13. The van der Waals surface area contributed by atoms with Crippen molar-refractivity contribution in [3.63, 3.8) is 0 Å². The van der Waals surface area contributed by atoms with Crippen molar-refractivity contribution in [2.45, 2.75) is 100 Å². The third kappa shape index (κ3) is 34.4. The van der Waals surface area contributed by atoms with Crippen LogP contribution in [0, 0.1) is 5.92 Å². The number of nitrogens with two attached hydrogens (primary N) is 1. The molecule has 7 N–H and O–H groups in total. The van der Waals surface area contributed by atoms with Crippen molar-refractivity contribution >= 4 is 35.9 Å². The molecule has 0 aliphatic rings. The fourth-order valence-corrected chi connectivity index (χ4v) is 2.47. The molecule has 0 saturated heterocycles. The number of primary amides is 1. The highest BCUT2D eigenvalue weighted by molar-refractivity contribution is 5.92. The summed E-state index contributed by atoms with van der Waals surface area (Å²) in [5.74, 6) is 0.0441. The van der Waals surface area contributed by atoms with Crippen LogP contribution in [0.25, 0.3) is 0 Å². The van der Waals surface area contributed by atoms with Gasteiger partial charge in [0.1, 0.15) is 12.9 Å². The van der Waals surface area contributed by atoms with E-state index in [2.05, 4.69) is 40.4 Å². The number of aldehydes is 1. The van der Waals surface area contributed by atoms with E-state index in [4.69, 9.17) is 10.5 Å². The van der Waals surface area contributed by atoms with Crippen molar-refractivity contribution in [1.82, 2.24) is 21.3 Å². The molecule has 250 valence electrons. The predicted molar refractivity (Wildman–Crippen MR) is 176 cm³/mol. The van der Waals surface area contributed by atoms with E-state index in [9.17, 15) is 24.0 Å². The summed E-state index contributed by atoms with van der Waals surface area (Å²) in [6, 6.07) is 6.33. The van der Waals surface area contributed by atoms with Gasteiger partial charge in [0.05, 0.1) is 12.6 Å². The average Bonchev–Trinajstić information content (AvgIpc) is 2.99. The Balaban J connectivity index is -0.000000265. The summed E-state index contributed by atoms with van der Waals surface area (Å²) in [5, 5.41) is 13.0. The van der Waals surface area contributed by atoms with E-state index in [1.807, 2.05) is 41.5 Å². The second-order valence-corrected chi connectivity index (χ2v) is 9.18. The summed E-state index contributed by atoms with van der Waals surface area (Å²) in [6.45, 7) is 17.2. The van der Waals surface area contributed by atoms with Crippen LogP contribution in [0.1, 0.15) is 93.1 Å². The molecule has 12 nitrogen and oxygen atoms in total. The molecule has 0 heterocycles. The number of hydrogen-bond donors (Lipinski definition) is 6. The molecule has 1 rings (SSSR count). The van der Waals surface area contributed by atoms with Gasteiger partial charge in [-0.15, -0.1) is 0 Å². The minimum atomic E-state index is -0.471. The molecule has 0 fully saturated rings. The highest BCUT2D eigenvalue weighted by Crippen LogP contribution is 2.10. The Kier molecular flexibility index (Phi) is 37.2. The number of nitrogens with one attached hydrogen (secondary N) is 5. The Morgan fingerprint density at radius 2 is 1.49 bits per heavy atom. The van der Waals surface area contributed by atoms with Crippen molar-refractivity contribution in [2.75, 3.05) is 32.5 Å². The van der Waals surface area contributed by atoms with Gasteiger partial charge < -0.3 is 41.8 Å². The van der Waals surface area contributed by atoms with Gasteiger partial charge in [-0.1, -0.05) is 80.4 Å². The quantitative estimate of drug-likeness (QED) is 0.174. The van der Waals surface area contributed by atoms with Gasteiger partial charge in [-0.2, -0.15) is 0 Å². The van der Waals surface area contributed by atoms with Crippen molar-refractivity contribution in [3.8, 4) is 0 Å². The molecular formula is C31H60N6O6. The van der Waals surface area contributed by atoms with Crippen LogP contribution >= 0.6 is 0 Å². The predicted octanol–water partition coefficient (Wildman–Crippen LogP) is 4.72. The highest BCUT2D eigenvalue weighted by Gasteiger charge is 2.14. The molecule has 1 atom stereocenters. The second kappa shape index (κ2) is 34.5. The van der Waals surface area contributed by atoms with Crippen molar-refractivity contribution in [3.05, 3.63) is 29.8 Å². The largest absolute Gasteiger partial charge is 0.445 e. The van der Waals surface area contributed by atoms with Crippen LogP contribution in [-0.4, -0.2) is 63.5 Å². The van der Waals surface area contributed by atoms with E-state index in [0.717, 1.165) is 31.1 Å². The second-order valence-electron chi connectivity index (χ2n) is 9.18. The summed E-state index contributed by atoms with van der Waals surface area (Å²) >= 11 is 0. The van der Waals surface area contributed by atoms with Crippen LogP contribution in [0.15, 0.2) is 24.3 Å². The summed E-state index contributed by atoms with van der Waals surface area (Å²) in [6.07, 6.45) is 4.92. The molecule has 0 saturated carbocycles. The molecule has 1 unspecified atom stereocenters. The van der Waals surface area contributed by atoms with Crippen LogP contribution in [0.5, 0.6) is 0 Å². The van der Waals surface area contributed by atoms with E-state index in [0.29, 0.717) is 18.7 Å². The zero-order valence-electron chi connectivity index (χ0n) is 28.2. The minimum absolute atomic E-state index is 0.0207. The Morgan fingerprint density at radius 3 is 1.86 bits per heavy atom. The number of carbonyl (C=O) groups is 5. The number of benzene rings is 1. The molecule has 0 spiro atoms. The third-order valence-electron chi connectivity index (χ3n) is 4.65. The normalized spacial score (nSPS) is 9.74. The minimum Gasteiger partial charge on any atom is -0.445 e. The zero-order valence-corrected chi connectivity index (χ0v) is 28.2. The van der Waals surface area contributed by atoms with Gasteiger partial charge >= 0.3 is 12.1 Å². The highest BCUT2D eigenvalue weighted by atomic mass is 16.5. The van der Waals surface area contributed by atoms with Gasteiger partial charge in [-0.25, -0.2) is 9.59 Å². The SMILES string of the molecule is CC.CCC.CCCCC(=O)NC(C=O)C(C)C.CCCNC(N)=O.CNCC(=O)Nc1ccc(COC(=O)NC)cc1. The Hall–Kier alpha value is -3.67. The van der Waals surface area contributed by atoms with Gasteiger partial charge in [0.25, 0.3) is 0 Å². The van der Waals surface area contributed by atoms with Gasteiger partial charge in [0.2, 0.25) is 11.8 Å². The van der Waals surface area contributed by atoms with Crippen LogP contribution in [0.4, 0.5) is 15.3 Å². The first-order valence-corrected chi connectivity index (χ1v) is 15.1. The molecule has 0 bridgehead atoms. The van der Waals surface area contributed by atoms with Crippen LogP contribution in [0.2, 0.25) is 0 Å². The van der Waals surface area contributed by atoms with E-state index < -0.39 is 12.1 Å². The molecule has 43 heavy (non-hydrogen) atoms. The molecule has 12 heteroatoms. The topological polar surface area (TPSA) is 181 Å². The summed E-state index contributed by atoms with van der Waals surface area (Å²) in [4.78, 5) is 53.8. The number of hydrogen-bond acceptors (Lipinski definition) is 7. The fraction of sp³-hybridized carbons (Fsp3) is 0.645. The van der Waals surface area contributed by atoms with Gasteiger partial charge in [-0.3, -0.25) is 9.59 Å². The first-order valence-electron chi connectivity index (χ1n) is 15.1. The first kappa shape index (κ1) is 46.3. The van der Waals surface area contributed by atoms with Crippen LogP contribution in [-0.2, 0) is 25.7 Å². The number of alkyl carbamates (subject to hydrolysis) is 1. The average molecular weight is 613 g/mol. The molecule has 1 aromatic rings. The Morgan fingerprint density at radius 1 is 0.930 bits per heavy atom. The van der Waals surface area contributed by atoms with Gasteiger partial charge in [0, 0.05) is 25.7 Å². The molecule has 0 radical (unpaired) electrons. The third-order valence-corrected chi connectivity index (χ3v) is 4.65. The Labute approximate surface area is 260 Å². The van der Waals surface area contributed by atoms with Crippen molar-refractivity contribution in [1.29, 1.82) is 0 Å². The lowest BCUT2D eigenvalue weighted by Gasteiger charge is -2.15. The standard InChI is InChI=1S/C12H17N3O3.C10H19NO2.C4H10N2O.C3H8.C2H6/c1-13-7-11(16)15-10-5-3-9(4-6-10)8-18-12(17)14-2;1-4-5-6-10(13)11-9(7-12)8(2)3;1-2-3-6-4(5)7;1-3-2;1-2/h3-6,13H,7-8H2,1-2H3,(H,14,17)(H,15,16);7-9H,4-6H2,1-3H3,(H,11,13);2-3H2,1H3,(H3,5,6,7);3H2,1-2H3;1-2H3.